The molecule has 0 amide bonds. The van der Waals surface area contributed by atoms with Gasteiger partial charge in [-0.2, -0.15) is 0 Å². The Balaban J connectivity index is 1.54. The molecule has 3 aromatic rings. The highest BCUT2D eigenvalue weighted by Crippen LogP contribution is 2.35. The van der Waals surface area contributed by atoms with Crippen molar-refractivity contribution in [2.75, 3.05) is 13.2 Å². The van der Waals surface area contributed by atoms with E-state index in [9.17, 15) is 0 Å². The summed E-state index contributed by atoms with van der Waals surface area (Å²) in [5.41, 5.74) is 2.45. The number of aryl methyl sites for hydroxylation is 1. The third kappa shape index (κ3) is 4.79. The molecule has 7 nitrogen and oxygen atoms in total. The van der Waals surface area contributed by atoms with E-state index < -0.39 is 0 Å². The molecule has 1 aliphatic carbocycles. The fourth-order valence-corrected chi connectivity index (χ4v) is 5.15. The van der Waals surface area contributed by atoms with Gasteiger partial charge in [0.05, 0.1) is 31.0 Å². The lowest BCUT2D eigenvalue weighted by Crippen LogP contribution is -2.37. The molecule has 2 aliphatic rings. The van der Waals surface area contributed by atoms with Gasteiger partial charge in [-0.15, -0.1) is 5.10 Å². The highest BCUT2D eigenvalue weighted by atomic mass is 16.5. The molecule has 170 valence electrons. The summed E-state index contributed by atoms with van der Waals surface area (Å²) in [4.78, 5) is 2.44. The van der Waals surface area contributed by atoms with Crippen molar-refractivity contribution in [2.24, 2.45) is 0 Å². The van der Waals surface area contributed by atoms with Crippen LogP contribution >= 0.6 is 0 Å². The Morgan fingerprint density at radius 3 is 2.62 bits per heavy atom. The van der Waals surface area contributed by atoms with Crippen LogP contribution < -0.4 is 0 Å². The monoisotopic (exact) mass is 435 g/mol. The van der Waals surface area contributed by atoms with Crippen LogP contribution in [-0.4, -0.2) is 44.4 Å². The average Bonchev–Trinajstić information content (AvgIpc) is 3.59. The van der Waals surface area contributed by atoms with E-state index in [2.05, 4.69) is 56.3 Å². The van der Waals surface area contributed by atoms with Crippen LogP contribution in [-0.2, 0) is 11.3 Å². The molecule has 2 atom stereocenters. The zero-order valence-electron chi connectivity index (χ0n) is 18.9. The Morgan fingerprint density at radius 1 is 1.06 bits per heavy atom. The molecule has 0 N–H and O–H groups in total. The van der Waals surface area contributed by atoms with Crippen molar-refractivity contribution in [3.63, 3.8) is 0 Å². The van der Waals surface area contributed by atoms with Crippen LogP contribution in [0.4, 0.5) is 0 Å². The van der Waals surface area contributed by atoms with Crippen LogP contribution in [0.1, 0.15) is 79.7 Å². The fraction of sp³-hybridized carbons (Fsp3) is 0.560. The van der Waals surface area contributed by atoms with Gasteiger partial charge in [-0.1, -0.05) is 49.1 Å². The SMILES string of the molecule is Cc1ccc([C@@H](c2nnnn2C2CCCCC2)N(Cc2ccco2)C[C@@H]2CCCO2)cc1. The maximum absolute atomic E-state index is 6.04. The highest BCUT2D eigenvalue weighted by Gasteiger charge is 2.33. The number of ether oxygens (including phenoxy) is 1. The molecule has 0 bridgehead atoms. The summed E-state index contributed by atoms with van der Waals surface area (Å²) in [6.07, 6.45) is 10.2. The molecular weight excluding hydrogens is 402 g/mol. The second-order valence-electron chi connectivity index (χ2n) is 9.23. The van der Waals surface area contributed by atoms with E-state index in [1.165, 1.54) is 30.4 Å². The van der Waals surface area contributed by atoms with Crippen LogP contribution in [0.5, 0.6) is 0 Å². The Hall–Kier alpha value is -2.51. The summed E-state index contributed by atoms with van der Waals surface area (Å²) < 4.78 is 13.9. The number of hydrogen-bond acceptors (Lipinski definition) is 6. The average molecular weight is 436 g/mol. The van der Waals surface area contributed by atoms with Crippen LogP contribution in [0, 0.1) is 6.92 Å². The molecule has 3 heterocycles. The lowest BCUT2D eigenvalue weighted by molar-refractivity contribution is 0.0541. The quantitative estimate of drug-likeness (QED) is 0.504. The lowest BCUT2D eigenvalue weighted by Gasteiger charge is -2.33. The minimum atomic E-state index is -0.0678. The van der Waals surface area contributed by atoms with E-state index in [4.69, 9.17) is 9.15 Å². The maximum atomic E-state index is 6.04. The minimum Gasteiger partial charge on any atom is -0.468 e. The van der Waals surface area contributed by atoms with E-state index in [0.29, 0.717) is 12.6 Å². The van der Waals surface area contributed by atoms with Gasteiger partial charge in [-0.05, 0) is 60.7 Å². The van der Waals surface area contributed by atoms with E-state index in [1.54, 1.807) is 6.26 Å². The van der Waals surface area contributed by atoms with Gasteiger partial charge in [-0.25, -0.2) is 4.68 Å². The van der Waals surface area contributed by atoms with Crippen molar-refractivity contribution in [1.82, 2.24) is 25.1 Å². The predicted octanol–water partition coefficient (Wildman–Crippen LogP) is 4.85. The van der Waals surface area contributed by atoms with Crippen molar-refractivity contribution in [1.29, 1.82) is 0 Å². The molecule has 2 fully saturated rings. The highest BCUT2D eigenvalue weighted by molar-refractivity contribution is 5.28. The first kappa shape index (κ1) is 21.3. The molecule has 0 radical (unpaired) electrons. The zero-order chi connectivity index (χ0) is 21.8. The van der Waals surface area contributed by atoms with Crippen molar-refractivity contribution in [2.45, 2.75) is 76.6 Å². The summed E-state index contributed by atoms with van der Waals surface area (Å²) >= 11 is 0. The molecule has 32 heavy (non-hydrogen) atoms. The standard InChI is InChI=1S/C25H33N5O2/c1-19-11-13-20(14-12-19)24(25-26-27-28-30(25)21-7-3-2-4-8-21)29(17-22-9-5-15-31-22)18-23-10-6-16-32-23/h5,9,11-15,21,23-24H,2-4,6-8,10,16-18H2,1H3/t23-,24-/m0/s1. The molecule has 7 heteroatoms. The Kier molecular flexibility index (Phi) is 6.64. The van der Waals surface area contributed by atoms with E-state index in [0.717, 1.165) is 50.4 Å². The second kappa shape index (κ2) is 9.96. The second-order valence-corrected chi connectivity index (χ2v) is 9.23. The number of benzene rings is 1. The molecular formula is C25H33N5O2. The molecule has 2 aromatic heterocycles. The smallest absolute Gasteiger partial charge is 0.173 e. The van der Waals surface area contributed by atoms with Gasteiger partial charge in [0.1, 0.15) is 5.76 Å². The molecule has 1 aromatic carbocycles. The normalized spacial score (nSPS) is 20.8. The molecule has 0 unspecified atom stereocenters. The van der Waals surface area contributed by atoms with Gasteiger partial charge >= 0.3 is 0 Å². The van der Waals surface area contributed by atoms with Gasteiger partial charge in [0.15, 0.2) is 5.82 Å². The summed E-state index contributed by atoms with van der Waals surface area (Å²) in [7, 11) is 0. The number of tetrazole rings is 1. The van der Waals surface area contributed by atoms with Crippen molar-refractivity contribution >= 4 is 0 Å². The third-order valence-electron chi connectivity index (χ3n) is 6.84. The van der Waals surface area contributed by atoms with Crippen LogP contribution in [0.3, 0.4) is 0 Å². The van der Waals surface area contributed by atoms with Crippen molar-refractivity contribution in [3.05, 3.63) is 65.4 Å². The minimum absolute atomic E-state index is 0.0678. The van der Waals surface area contributed by atoms with E-state index >= 15 is 0 Å². The Morgan fingerprint density at radius 2 is 1.91 bits per heavy atom. The van der Waals surface area contributed by atoms with Crippen LogP contribution in [0.15, 0.2) is 47.1 Å². The number of nitrogens with zero attached hydrogens (tertiary/aromatic N) is 5. The van der Waals surface area contributed by atoms with Crippen molar-refractivity contribution in [3.8, 4) is 0 Å². The van der Waals surface area contributed by atoms with E-state index in [1.807, 2.05) is 12.1 Å². The zero-order valence-corrected chi connectivity index (χ0v) is 18.9. The Bertz CT molecular complexity index is 957. The van der Waals surface area contributed by atoms with Crippen molar-refractivity contribution < 1.29 is 9.15 Å². The summed E-state index contributed by atoms with van der Waals surface area (Å²) in [5.74, 6) is 1.86. The van der Waals surface area contributed by atoms with Crippen LogP contribution in [0.2, 0.25) is 0 Å². The van der Waals surface area contributed by atoms with Crippen LogP contribution in [0.25, 0.3) is 0 Å². The molecule has 1 saturated heterocycles. The predicted molar refractivity (Wildman–Crippen MR) is 121 cm³/mol. The molecule has 5 rings (SSSR count). The first-order chi connectivity index (χ1) is 15.8. The first-order valence-electron chi connectivity index (χ1n) is 12.0. The first-order valence-corrected chi connectivity index (χ1v) is 12.0. The van der Waals surface area contributed by atoms with E-state index in [-0.39, 0.29) is 12.1 Å². The summed E-state index contributed by atoms with van der Waals surface area (Å²) in [6.45, 7) is 4.46. The maximum Gasteiger partial charge on any atom is 0.173 e. The number of rotatable bonds is 8. The summed E-state index contributed by atoms with van der Waals surface area (Å²) in [5, 5.41) is 13.2. The molecule has 1 aliphatic heterocycles. The van der Waals surface area contributed by atoms with Gasteiger partial charge in [0.25, 0.3) is 0 Å². The van der Waals surface area contributed by atoms with Gasteiger partial charge in [0, 0.05) is 13.2 Å². The molecule has 0 spiro atoms. The largest absolute Gasteiger partial charge is 0.468 e. The van der Waals surface area contributed by atoms with Gasteiger partial charge in [0.2, 0.25) is 0 Å². The van der Waals surface area contributed by atoms with Gasteiger partial charge < -0.3 is 9.15 Å². The molecule has 1 saturated carbocycles. The summed E-state index contributed by atoms with van der Waals surface area (Å²) in [6, 6.07) is 13.1. The Labute approximate surface area is 189 Å². The number of furan rings is 1. The number of hydrogen-bond donors (Lipinski definition) is 0. The number of aromatic nitrogens is 4. The third-order valence-corrected chi connectivity index (χ3v) is 6.84. The lowest BCUT2D eigenvalue weighted by atomic mass is 9.95. The topological polar surface area (TPSA) is 69.2 Å². The van der Waals surface area contributed by atoms with Gasteiger partial charge in [-0.3, -0.25) is 4.90 Å². The fourth-order valence-electron chi connectivity index (χ4n) is 5.15.